The molecule has 4 heterocycles. The van der Waals surface area contributed by atoms with Crippen LogP contribution in [-0.2, 0) is 44.7 Å². The van der Waals surface area contributed by atoms with E-state index >= 15 is 0 Å². The summed E-state index contributed by atoms with van der Waals surface area (Å²) in [5.41, 5.74) is 10.2. The van der Waals surface area contributed by atoms with Crippen molar-refractivity contribution in [2.24, 2.45) is 4.99 Å². The van der Waals surface area contributed by atoms with Gasteiger partial charge >= 0.3 is 0 Å². The predicted octanol–water partition coefficient (Wildman–Crippen LogP) is 6.36. The number of aromatic amines is 2. The Labute approximate surface area is 280 Å². The van der Waals surface area contributed by atoms with Gasteiger partial charge in [0, 0.05) is 40.8 Å². The molecule has 8 nitrogen and oxygen atoms in total. The third kappa shape index (κ3) is 6.39. The first-order chi connectivity index (χ1) is 22.7. The van der Waals surface area contributed by atoms with E-state index in [4.69, 9.17) is 9.47 Å². The third-order valence-electron chi connectivity index (χ3n) is 9.84. The molecule has 2 amide bonds. The molecule has 3 N–H and O–H groups in total. The second-order valence-corrected chi connectivity index (χ2v) is 12.1. The lowest BCUT2D eigenvalue weighted by molar-refractivity contribution is -0.150. The summed E-state index contributed by atoms with van der Waals surface area (Å²) in [6.07, 6.45) is 9.88. The van der Waals surface area contributed by atoms with Crippen LogP contribution in [0.2, 0.25) is 0 Å². The summed E-state index contributed by atoms with van der Waals surface area (Å²) in [5.74, 6) is -0.189. The number of ether oxygens (including phenoxy) is 2. The van der Waals surface area contributed by atoms with Crippen molar-refractivity contribution in [2.75, 3.05) is 13.2 Å². The van der Waals surface area contributed by atoms with Gasteiger partial charge in [0.1, 0.15) is 6.10 Å². The monoisotopic (exact) mass is 644 g/mol. The van der Waals surface area contributed by atoms with Gasteiger partial charge in [-0.25, -0.2) is 4.99 Å². The summed E-state index contributed by atoms with van der Waals surface area (Å²) >= 11 is 0. The molecule has 2 unspecified atom stereocenters. The normalized spacial score (nSPS) is 19.9. The summed E-state index contributed by atoms with van der Waals surface area (Å²) in [5, 5.41) is 5.31. The average molecular weight is 645 g/mol. The van der Waals surface area contributed by atoms with Gasteiger partial charge in [-0.3, -0.25) is 9.59 Å². The Hall–Kier alpha value is -3.49. The van der Waals surface area contributed by atoms with Crippen LogP contribution in [0.1, 0.15) is 135 Å². The number of hydrogen-bond donors (Lipinski definition) is 3. The van der Waals surface area contributed by atoms with Gasteiger partial charge in [0.15, 0.2) is 5.72 Å². The van der Waals surface area contributed by atoms with Crippen molar-refractivity contribution in [1.82, 2.24) is 15.3 Å². The standard InChI is InChI=1S/C39H56N4O4/c1-11-23-24(12-2)32(22-34-26(14-4)28(16-6)37(44)42-34)40-31(23)21-33-25(13-3)27(15-5)35(41-33)36(46-19-9)39(47-20-10)30(18-8)29(17-7)38(45)43-39/h21-22,36,40-41H,11-20H2,1-10H3,(H,43,45). The first-order valence-electron chi connectivity index (χ1n) is 18.0. The van der Waals surface area contributed by atoms with E-state index in [9.17, 15) is 9.59 Å². The van der Waals surface area contributed by atoms with E-state index in [1.807, 2.05) is 27.7 Å². The van der Waals surface area contributed by atoms with Crippen molar-refractivity contribution in [1.29, 1.82) is 0 Å². The first-order valence-corrected chi connectivity index (χ1v) is 18.0. The van der Waals surface area contributed by atoms with Gasteiger partial charge in [-0.05, 0) is 111 Å². The summed E-state index contributed by atoms with van der Waals surface area (Å²) < 4.78 is 13.1. The van der Waals surface area contributed by atoms with Crippen molar-refractivity contribution < 1.29 is 19.1 Å². The molecule has 0 radical (unpaired) electrons. The topological polar surface area (TPSA) is 109 Å². The predicted molar refractivity (Wildman–Crippen MR) is 191 cm³/mol. The van der Waals surface area contributed by atoms with Crippen LogP contribution in [0.3, 0.4) is 0 Å². The van der Waals surface area contributed by atoms with Crippen LogP contribution < -0.4 is 16.0 Å². The lowest BCUT2D eigenvalue weighted by Crippen LogP contribution is -2.53. The Bertz CT molecular complexity index is 1720. The molecule has 256 valence electrons. The maximum atomic E-state index is 13.3. The fraction of sp³-hybridized carbons (Fsp3) is 0.564. The van der Waals surface area contributed by atoms with Gasteiger partial charge in [0.05, 0.1) is 11.4 Å². The number of aliphatic imine (C=N–C) groups is 1. The fourth-order valence-corrected chi connectivity index (χ4v) is 7.89. The molecule has 8 heteroatoms. The number of hydrogen-bond acceptors (Lipinski definition) is 4. The SMILES string of the molecule is CCOC(c1[nH]c(C=c2[nH]c(=CC3=NC(=O)C(CC)=C3CC)c(CC)c2CC)c(CC)c1CC)C1(OCC)NC(=O)C(CC)=C1CC. The Kier molecular flexibility index (Phi) is 12.1. The zero-order valence-electron chi connectivity index (χ0n) is 30.4. The van der Waals surface area contributed by atoms with E-state index in [0.29, 0.717) is 32.5 Å². The van der Waals surface area contributed by atoms with Crippen LogP contribution in [0.4, 0.5) is 0 Å². The Morgan fingerprint density at radius 2 is 1.26 bits per heavy atom. The molecule has 2 aliphatic rings. The summed E-state index contributed by atoms with van der Waals surface area (Å²) in [6, 6.07) is 0. The number of amides is 2. The highest BCUT2D eigenvalue weighted by Gasteiger charge is 2.52. The Morgan fingerprint density at radius 3 is 1.77 bits per heavy atom. The summed E-state index contributed by atoms with van der Waals surface area (Å²) in [6.45, 7) is 21.8. The minimum absolute atomic E-state index is 0.0786. The summed E-state index contributed by atoms with van der Waals surface area (Å²) in [7, 11) is 0. The molecule has 0 saturated heterocycles. The fourth-order valence-electron chi connectivity index (χ4n) is 7.89. The van der Waals surface area contributed by atoms with Gasteiger partial charge in [0.2, 0.25) is 5.91 Å². The van der Waals surface area contributed by atoms with E-state index in [1.54, 1.807) is 0 Å². The van der Waals surface area contributed by atoms with Crippen molar-refractivity contribution >= 4 is 29.7 Å². The van der Waals surface area contributed by atoms with Crippen LogP contribution in [0, 0.1) is 0 Å². The molecule has 47 heavy (non-hydrogen) atoms. The van der Waals surface area contributed by atoms with Crippen LogP contribution in [0.15, 0.2) is 27.3 Å². The zero-order valence-corrected chi connectivity index (χ0v) is 30.4. The number of nitrogens with zero attached hydrogens (tertiary/aromatic N) is 1. The molecule has 0 fully saturated rings. The second kappa shape index (κ2) is 15.6. The molecular weight excluding hydrogens is 588 g/mol. The van der Waals surface area contributed by atoms with Gasteiger partial charge in [-0.1, -0.05) is 55.4 Å². The maximum absolute atomic E-state index is 13.3. The van der Waals surface area contributed by atoms with Crippen LogP contribution in [0.5, 0.6) is 0 Å². The van der Waals surface area contributed by atoms with Crippen molar-refractivity contribution in [2.45, 2.75) is 132 Å². The molecule has 2 aromatic rings. The molecule has 2 atom stereocenters. The lowest BCUT2D eigenvalue weighted by Gasteiger charge is -2.39. The lowest BCUT2D eigenvalue weighted by atomic mass is 9.89. The van der Waals surface area contributed by atoms with Crippen LogP contribution in [-0.4, -0.2) is 46.4 Å². The number of carbonyl (C=O) groups is 2. The minimum atomic E-state index is -1.08. The van der Waals surface area contributed by atoms with Gasteiger partial charge in [0.25, 0.3) is 5.91 Å². The van der Waals surface area contributed by atoms with Gasteiger partial charge in [-0.15, -0.1) is 0 Å². The maximum Gasteiger partial charge on any atom is 0.273 e. The summed E-state index contributed by atoms with van der Waals surface area (Å²) in [4.78, 5) is 37.9. The first kappa shape index (κ1) is 36.3. The molecule has 4 rings (SSSR count). The number of carbonyl (C=O) groups excluding carboxylic acids is 2. The highest BCUT2D eigenvalue weighted by molar-refractivity contribution is 6.31. The number of rotatable bonds is 16. The highest BCUT2D eigenvalue weighted by Crippen LogP contribution is 2.45. The molecule has 0 bridgehead atoms. The van der Waals surface area contributed by atoms with Crippen molar-refractivity contribution in [3.8, 4) is 0 Å². The molecule has 0 aliphatic carbocycles. The largest absolute Gasteiger partial charge is 0.367 e. The third-order valence-corrected chi connectivity index (χ3v) is 9.84. The average Bonchev–Trinajstić information content (AvgIpc) is 3.77. The molecule has 2 aliphatic heterocycles. The van der Waals surface area contributed by atoms with E-state index in [0.717, 1.165) is 82.2 Å². The van der Waals surface area contributed by atoms with E-state index < -0.39 is 11.8 Å². The van der Waals surface area contributed by atoms with Crippen molar-refractivity contribution in [3.05, 3.63) is 66.6 Å². The quantitative estimate of drug-likeness (QED) is 0.198. The molecule has 0 saturated carbocycles. The van der Waals surface area contributed by atoms with E-state index in [1.165, 1.54) is 22.3 Å². The smallest absolute Gasteiger partial charge is 0.273 e. The number of allylic oxidation sites excluding steroid dienone is 1. The van der Waals surface area contributed by atoms with Crippen LogP contribution in [0.25, 0.3) is 12.2 Å². The molecular formula is C39H56N4O4. The van der Waals surface area contributed by atoms with E-state index in [2.05, 4.69) is 74.0 Å². The molecule has 0 aromatic carbocycles. The Morgan fingerprint density at radius 1 is 0.660 bits per heavy atom. The number of aromatic nitrogens is 2. The molecule has 0 spiro atoms. The second-order valence-electron chi connectivity index (χ2n) is 12.1. The molecule has 2 aromatic heterocycles. The minimum Gasteiger partial charge on any atom is -0.367 e. The number of nitrogens with one attached hydrogen (secondary N) is 3. The number of H-pyrrole nitrogens is 2. The van der Waals surface area contributed by atoms with Crippen LogP contribution >= 0.6 is 0 Å². The van der Waals surface area contributed by atoms with Gasteiger partial charge < -0.3 is 24.8 Å². The highest BCUT2D eigenvalue weighted by atomic mass is 16.6. The zero-order chi connectivity index (χ0) is 34.5. The van der Waals surface area contributed by atoms with E-state index in [-0.39, 0.29) is 11.8 Å². The van der Waals surface area contributed by atoms with Gasteiger partial charge in [-0.2, -0.15) is 0 Å². The Balaban J connectivity index is 1.97. The van der Waals surface area contributed by atoms with Crippen molar-refractivity contribution in [3.63, 3.8) is 0 Å².